The average Bonchev–Trinajstić information content (AvgIpc) is 2.64. The van der Waals surface area contributed by atoms with Gasteiger partial charge in [-0.05, 0) is 24.6 Å². The number of nitrogens with zero attached hydrogens (tertiary/aromatic N) is 2. The molecule has 2 N–H and O–H groups in total. The highest BCUT2D eigenvalue weighted by Gasteiger charge is 2.11. The van der Waals surface area contributed by atoms with E-state index in [1.54, 1.807) is 0 Å². The summed E-state index contributed by atoms with van der Waals surface area (Å²) < 4.78 is 5.02. The molecule has 0 unspecified atom stereocenters. The van der Waals surface area contributed by atoms with Gasteiger partial charge in [0.25, 0.3) is 5.71 Å². The Morgan fingerprint density at radius 1 is 1.31 bits per heavy atom. The van der Waals surface area contributed by atoms with Gasteiger partial charge in [0.05, 0.1) is 15.9 Å². The summed E-state index contributed by atoms with van der Waals surface area (Å²) in [4.78, 5) is 4.37. The molecule has 1 aromatic carbocycles. The minimum Gasteiger partial charge on any atom is -0.380 e. The van der Waals surface area contributed by atoms with Gasteiger partial charge in [0.1, 0.15) is 0 Å². The summed E-state index contributed by atoms with van der Waals surface area (Å²) in [5, 5.41) is 5.88. The van der Waals surface area contributed by atoms with Crippen LogP contribution in [0.25, 0.3) is 22.0 Å². The Kier molecular flexibility index (Phi) is 1.82. The molecule has 0 saturated heterocycles. The Labute approximate surface area is 96.0 Å². The fraction of sp³-hybridized carbons (Fsp3) is 0.0909. The minimum atomic E-state index is 0.335. The molecule has 80 valence electrons. The molecule has 0 radical (unpaired) electrons. The quantitative estimate of drug-likeness (QED) is 0.648. The molecule has 0 fully saturated rings. The second-order valence-electron chi connectivity index (χ2n) is 3.67. The van der Waals surface area contributed by atoms with E-state index in [-0.39, 0.29) is 0 Å². The highest BCUT2D eigenvalue weighted by molar-refractivity contribution is 6.35. The molecule has 2 heterocycles. The molecule has 4 nitrogen and oxygen atoms in total. The summed E-state index contributed by atoms with van der Waals surface area (Å²) in [5.41, 5.74) is 7.96. The molecule has 0 amide bonds. The molecule has 0 atom stereocenters. The fourth-order valence-corrected chi connectivity index (χ4v) is 1.95. The van der Waals surface area contributed by atoms with E-state index in [1.165, 1.54) is 0 Å². The van der Waals surface area contributed by atoms with Gasteiger partial charge < -0.3 is 10.3 Å². The molecular formula is C11H8ClN3O. The van der Waals surface area contributed by atoms with Gasteiger partial charge in [0.2, 0.25) is 0 Å². The van der Waals surface area contributed by atoms with E-state index in [0.29, 0.717) is 21.9 Å². The van der Waals surface area contributed by atoms with E-state index in [9.17, 15) is 0 Å². The SMILES string of the molecule is Cc1ccc(Cl)c2cc3c(N)noc3nc12. The first-order chi connectivity index (χ1) is 7.66. The number of aromatic nitrogens is 2. The van der Waals surface area contributed by atoms with Gasteiger partial charge in [0.15, 0.2) is 5.82 Å². The molecule has 5 heteroatoms. The molecule has 0 aliphatic heterocycles. The number of fused-ring (bicyclic) bond motifs is 2. The van der Waals surface area contributed by atoms with Gasteiger partial charge in [-0.15, -0.1) is 0 Å². The van der Waals surface area contributed by atoms with E-state index in [2.05, 4.69) is 10.1 Å². The van der Waals surface area contributed by atoms with Gasteiger partial charge >= 0.3 is 0 Å². The molecule has 0 aliphatic rings. The first-order valence-corrected chi connectivity index (χ1v) is 5.15. The largest absolute Gasteiger partial charge is 0.380 e. The second kappa shape index (κ2) is 3.09. The van der Waals surface area contributed by atoms with E-state index in [4.69, 9.17) is 21.9 Å². The van der Waals surface area contributed by atoms with Crippen LogP contribution in [0.1, 0.15) is 5.56 Å². The van der Waals surface area contributed by atoms with Crippen molar-refractivity contribution in [3.8, 4) is 0 Å². The molecular weight excluding hydrogens is 226 g/mol. The zero-order valence-corrected chi connectivity index (χ0v) is 9.25. The van der Waals surface area contributed by atoms with Crippen LogP contribution in [0.4, 0.5) is 5.82 Å². The van der Waals surface area contributed by atoms with Crippen LogP contribution in [-0.4, -0.2) is 10.1 Å². The molecule has 0 saturated carbocycles. The molecule has 0 spiro atoms. The van der Waals surface area contributed by atoms with Crippen molar-refractivity contribution >= 4 is 39.4 Å². The zero-order valence-electron chi connectivity index (χ0n) is 8.49. The van der Waals surface area contributed by atoms with Crippen LogP contribution in [0, 0.1) is 6.92 Å². The van der Waals surface area contributed by atoms with Crippen LogP contribution in [0.2, 0.25) is 5.02 Å². The third-order valence-electron chi connectivity index (χ3n) is 2.60. The van der Waals surface area contributed by atoms with Crippen LogP contribution in [0.5, 0.6) is 0 Å². The first kappa shape index (κ1) is 9.42. The standard InChI is InChI=1S/C11H8ClN3O/c1-5-2-3-8(12)6-4-7-10(13)15-16-11(7)14-9(5)6/h2-4H,1H3,(H2,13,15). The smallest absolute Gasteiger partial charge is 0.260 e. The van der Waals surface area contributed by atoms with Crippen molar-refractivity contribution in [2.45, 2.75) is 6.92 Å². The maximum atomic E-state index is 6.12. The molecule has 16 heavy (non-hydrogen) atoms. The number of nitrogens with two attached hydrogens (primary N) is 1. The van der Waals surface area contributed by atoms with Gasteiger partial charge in [-0.25, -0.2) is 4.98 Å². The van der Waals surface area contributed by atoms with Crippen molar-refractivity contribution in [3.05, 3.63) is 28.8 Å². The number of pyridine rings is 1. The average molecular weight is 234 g/mol. The van der Waals surface area contributed by atoms with Gasteiger partial charge in [-0.1, -0.05) is 22.8 Å². The molecule has 3 aromatic rings. The maximum absolute atomic E-state index is 6.12. The fourth-order valence-electron chi connectivity index (χ4n) is 1.74. The number of halogens is 1. The van der Waals surface area contributed by atoms with Crippen molar-refractivity contribution in [2.24, 2.45) is 0 Å². The van der Waals surface area contributed by atoms with Crippen LogP contribution < -0.4 is 5.73 Å². The Morgan fingerprint density at radius 3 is 2.94 bits per heavy atom. The van der Waals surface area contributed by atoms with E-state index in [0.717, 1.165) is 16.5 Å². The van der Waals surface area contributed by atoms with Crippen molar-refractivity contribution in [1.29, 1.82) is 0 Å². The number of benzene rings is 1. The Hall–Kier alpha value is -1.81. The van der Waals surface area contributed by atoms with Crippen molar-refractivity contribution in [1.82, 2.24) is 10.1 Å². The van der Waals surface area contributed by atoms with E-state index in [1.807, 2.05) is 25.1 Å². The summed E-state index contributed by atoms with van der Waals surface area (Å²) >= 11 is 6.12. The van der Waals surface area contributed by atoms with Crippen LogP contribution >= 0.6 is 11.6 Å². The predicted molar refractivity (Wildman–Crippen MR) is 63.5 cm³/mol. The van der Waals surface area contributed by atoms with Gasteiger partial charge in [-0.3, -0.25) is 0 Å². The zero-order chi connectivity index (χ0) is 11.3. The third kappa shape index (κ3) is 1.17. The summed E-state index contributed by atoms with van der Waals surface area (Å²) in [6, 6.07) is 5.62. The number of hydrogen-bond acceptors (Lipinski definition) is 4. The summed E-state index contributed by atoms with van der Waals surface area (Å²) in [7, 11) is 0. The number of anilines is 1. The van der Waals surface area contributed by atoms with Crippen molar-refractivity contribution in [3.63, 3.8) is 0 Å². The predicted octanol–water partition coefficient (Wildman–Crippen LogP) is 2.92. The molecule has 3 rings (SSSR count). The van der Waals surface area contributed by atoms with Crippen molar-refractivity contribution < 1.29 is 4.52 Å². The third-order valence-corrected chi connectivity index (χ3v) is 2.93. The highest BCUT2D eigenvalue weighted by atomic mass is 35.5. The molecule has 2 aromatic heterocycles. The maximum Gasteiger partial charge on any atom is 0.260 e. The molecule has 0 aliphatic carbocycles. The topological polar surface area (TPSA) is 64.9 Å². The van der Waals surface area contributed by atoms with E-state index >= 15 is 0 Å². The summed E-state index contributed by atoms with van der Waals surface area (Å²) in [6.45, 7) is 1.97. The van der Waals surface area contributed by atoms with Gasteiger partial charge in [-0.2, -0.15) is 0 Å². The lowest BCUT2D eigenvalue weighted by Gasteiger charge is -2.02. The number of nitrogen functional groups attached to an aromatic ring is 1. The number of aryl methyl sites for hydroxylation is 1. The molecule has 0 bridgehead atoms. The van der Waals surface area contributed by atoms with Crippen LogP contribution in [-0.2, 0) is 0 Å². The lowest BCUT2D eigenvalue weighted by molar-refractivity contribution is 0.453. The normalized spacial score (nSPS) is 11.4. The Bertz CT molecular complexity index is 705. The summed E-state index contributed by atoms with van der Waals surface area (Å²) in [5.74, 6) is 0.335. The summed E-state index contributed by atoms with van der Waals surface area (Å²) in [6.07, 6.45) is 0. The second-order valence-corrected chi connectivity index (χ2v) is 4.08. The number of hydrogen-bond donors (Lipinski definition) is 1. The van der Waals surface area contributed by atoms with E-state index < -0.39 is 0 Å². The highest BCUT2D eigenvalue weighted by Crippen LogP contribution is 2.30. The van der Waals surface area contributed by atoms with Gasteiger partial charge in [0, 0.05) is 5.39 Å². The lowest BCUT2D eigenvalue weighted by Crippen LogP contribution is -1.87. The van der Waals surface area contributed by atoms with Crippen LogP contribution in [0.15, 0.2) is 22.7 Å². The van der Waals surface area contributed by atoms with Crippen molar-refractivity contribution in [2.75, 3.05) is 5.73 Å². The Morgan fingerprint density at radius 2 is 2.12 bits per heavy atom. The monoisotopic (exact) mass is 233 g/mol. The lowest BCUT2D eigenvalue weighted by atomic mass is 10.1. The number of rotatable bonds is 0. The Balaban J connectivity index is 2.57. The minimum absolute atomic E-state index is 0.335. The first-order valence-electron chi connectivity index (χ1n) is 4.77. The van der Waals surface area contributed by atoms with Crippen LogP contribution in [0.3, 0.4) is 0 Å².